The SMILES string of the molecule is CC(C)c1nc2ccc(C(=O)O)cc2n1CCCO. The summed E-state index contributed by atoms with van der Waals surface area (Å²) >= 11 is 0. The summed E-state index contributed by atoms with van der Waals surface area (Å²) in [4.78, 5) is 15.6. The molecule has 5 heteroatoms. The van der Waals surface area contributed by atoms with Crippen molar-refractivity contribution >= 4 is 17.0 Å². The maximum absolute atomic E-state index is 11.0. The number of nitrogens with zero attached hydrogens (tertiary/aromatic N) is 2. The van der Waals surface area contributed by atoms with E-state index in [9.17, 15) is 4.79 Å². The zero-order valence-corrected chi connectivity index (χ0v) is 11.1. The number of imidazole rings is 1. The van der Waals surface area contributed by atoms with Crippen LogP contribution < -0.4 is 0 Å². The van der Waals surface area contributed by atoms with Crippen LogP contribution in [-0.2, 0) is 6.54 Å². The first-order chi connectivity index (χ1) is 9.04. The Bertz CT molecular complexity index is 602. The lowest BCUT2D eigenvalue weighted by molar-refractivity contribution is 0.0697. The van der Waals surface area contributed by atoms with Gasteiger partial charge in [0.2, 0.25) is 0 Å². The normalized spacial score (nSPS) is 11.4. The number of aromatic nitrogens is 2. The third-order valence-electron chi connectivity index (χ3n) is 3.08. The topological polar surface area (TPSA) is 75.3 Å². The van der Waals surface area contributed by atoms with Crippen molar-refractivity contribution in [2.75, 3.05) is 6.61 Å². The maximum Gasteiger partial charge on any atom is 0.335 e. The van der Waals surface area contributed by atoms with Crippen molar-refractivity contribution in [3.63, 3.8) is 0 Å². The fourth-order valence-corrected chi connectivity index (χ4v) is 2.18. The van der Waals surface area contributed by atoms with Crippen LogP contribution in [-0.4, -0.2) is 32.3 Å². The van der Waals surface area contributed by atoms with Crippen molar-refractivity contribution in [3.8, 4) is 0 Å². The number of aromatic carboxylic acids is 1. The molecule has 1 aromatic heterocycles. The summed E-state index contributed by atoms with van der Waals surface area (Å²) in [6.45, 7) is 4.85. The molecule has 5 nitrogen and oxygen atoms in total. The Balaban J connectivity index is 2.59. The molecule has 0 atom stereocenters. The number of benzene rings is 1. The number of aliphatic hydroxyl groups excluding tert-OH is 1. The van der Waals surface area contributed by atoms with Crippen molar-refractivity contribution in [2.45, 2.75) is 32.7 Å². The Morgan fingerprint density at radius 3 is 2.74 bits per heavy atom. The molecule has 102 valence electrons. The van der Waals surface area contributed by atoms with Gasteiger partial charge in [-0.05, 0) is 24.6 Å². The van der Waals surface area contributed by atoms with Crippen LogP contribution in [0.5, 0.6) is 0 Å². The number of aryl methyl sites for hydroxylation is 1. The third kappa shape index (κ3) is 2.61. The van der Waals surface area contributed by atoms with Gasteiger partial charge in [0.15, 0.2) is 0 Å². The third-order valence-corrected chi connectivity index (χ3v) is 3.08. The fraction of sp³-hybridized carbons (Fsp3) is 0.429. The highest BCUT2D eigenvalue weighted by molar-refractivity contribution is 5.92. The molecule has 0 unspecified atom stereocenters. The van der Waals surface area contributed by atoms with Gasteiger partial charge in [0.1, 0.15) is 5.82 Å². The number of carboxylic acids is 1. The summed E-state index contributed by atoms with van der Waals surface area (Å²) < 4.78 is 2.00. The van der Waals surface area contributed by atoms with Crippen LogP contribution in [0.15, 0.2) is 18.2 Å². The molecule has 1 heterocycles. The van der Waals surface area contributed by atoms with Crippen LogP contribution in [0.2, 0.25) is 0 Å². The first kappa shape index (κ1) is 13.5. The lowest BCUT2D eigenvalue weighted by Crippen LogP contribution is -2.07. The summed E-state index contributed by atoms with van der Waals surface area (Å²) in [5.41, 5.74) is 1.87. The Labute approximate surface area is 111 Å². The molecule has 0 bridgehead atoms. The highest BCUT2D eigenvalue weighted by Gasteiger charge is 2.15. The molecule has 0 spiro atoms. The molecule has 2 N–H and O–H groups in total. The molecule has 19 heavy (non-hydrogen) atoms. The van der Waals surface area contributed by atoms with Crippen molar-refractivity contribution in [1.29, 1.82) is 0 Å². The van der Waals surface area contributed by atoms with Gasteiger partial charge in [-0.2, -0.15) is 0 Å². The van der Waals surface area contributed by atoms with E-state index >= 15 is 0 Å². The van der Waals surface area contributed by atoms with Gasteiger partial charge in [-0.25, -0.2) is 9.78 Å². The number of aliphatic hydroxyl groups is 1. The summed E-state index contributed by atoms with van der Waals surface area (Å²) in [7, 11) is 0. The average molecular weight is 262 g/mol. The first-order valence-electron chi connectivity index (χ1n) is 6.39. The summed E-state index contributed by atoms with van der Waals surface area (Å²) in [5.74, 6) is 0.230. The van der Waals surface area contributed by atoms with E-state index in [2.05, 4.69) is 18.8 Å². The van der Waals surface area contributed by atoms with Gasteiger partial charge >= 0.3 is 5.97 Å². The molecule has 0 aliphatic rings. The average Bonchev–Trinajstić information content (AvgIpc) is 2.74. The zero-order valence-electron chi connectivity index (χ0n) is 11.1. The second-order valence-electron chi connectivity index (χ2n) is 4.86. The van der Waals surface area contributed by atoms with E-state index < -0.39 is 5.97 Å². The first-order valence-corrected chi connectivity index (χ1v) is 6.39. The molecule has 0 saturated heterocycles. The monoisotopic (exact) mass is 262 g/mol. The standard InChI is InChI=1S/C14H18N2O3/c1-9(2)13-15-11-5-4-10(14(18)19)8-12(11)16(13)6-3-7-17/h4-5,8-9,17H,3,6-7H2,1-2H3,(H,18,19). The number of hydrogen-bond acceptors (Lipinski definition) is 3. The van der Waals surface area contributed by atoms with E-state index in [0.29, 0.717) is 13.0 Å². The van der Waals surface area contributed by atoms with Crippen LogP contribution in [0.3, 0.4) is 0 Å². The molecule has 0 fully saturated rings. The highest BCUT2D eigenvalue weighted by Crippen LogP contribution is 2.23. The van der Waals surface area contributed by atoms with E-state index in [1.807, 2.05) is 4.57 Å². The van der Waals surface area contributed by atoms with E-state index in [1.165, 1.54) is 0 Å². The number of carboxylic acid groups (broad SMARTS) is 1. The van der Waals surface area contributed by atoms with Gasteiger partial charge in [-0.3, -0.25) is 0 Å². The summed E-state index contributed by atoms with van der Waals surface area (Å²) in [6, 6.07) is 4.95. The largest absolute Gasteiger partial charge is 0.478 e. The molecule has 0 amide bonds. The molecule has 2 aromatic rings. The van der Waals surface area contributed by atoms with Crippen molar-refractivity contribution in [2.24, 2.45) is 0 Å². The Kier molecular flexibility index (Phi) is 3.85. The highest BCUT2D eigenvalue weighted by atomic mass is 16.4. The Morgan fingerprint density at radius 1 is 1.42 bits per heavy atom. The van der Waals surface area contributed by atoms with Crippen LogP contribution >= 0.6 is 0 Å². The fourth-order valence-electron chi connectivity index (χ4n) is 2.18. The van der Waals surface area contributed by atoms with Gasteiger partial charge < -0.3 is 14.8 Å². The van der Waals surface area contributed by atoms with Gasteiger partial charge in [0, 0.05) is 19.1 Å². The minimum Gasteiger partial charge on any atom is -0.478 e. The Morgan fingerprint density at radius 2 is 2.16 bits per heavy atom. The van der Waals surface area contributed by atoms with E-state index in [1.54, 1.807) is 18.2 Å². The quantitative estimate of drug-likeness (QED) is 0.866. The molecule has 0 radical (unpaired) electrons. The van der Waals surface area contributed by atoms with Gasteiger partial charge in [0.05, 0.1) is 16.6 Å². The molecular weight excluding hydrogens is 244 g/mol. The number of hydrogen-bond donors (Lipinski definition) is 2. The minimum absolute atomic E-state index is 0.107. The van der Waals surface area contributed by atoms with Gasteiger partial charge in [0.25, 0.3) is 0 Å². The predicted molar refractivity (Wildman–Crippen MR) is 72.5 cm³/mol. The lowest BCUT2D eigenvalue weighted by atomic mass is 10.2. The van der Waals surface area contributed by atoms with Crippen LogP contribution in [0.25, 0.3) is 11.0 Å². The molecular formula is C14H18N2O3. The number of carbonyl (C=O) groups is 1. The van der Waals surface area contributed by atoms with E-state index in [4.69, 9.17) is 10.2 Å². The van der Waals surface area contributed by atoms with Crippen LogP contribution in [0.1, 0.15) is 42.4 Å². The second kappa shape index (κ2) is 5.40. The number of rotatable bonds is 5. The zero-order chi connectivity index (χ0) is 14.0. The Hall–Kier alpha value is -1.88. The van der Waals surface area contributed by atoms with Crippen LogP contribution in [0.4, 0.5) is 0 Å². The van der Waals surface area contributed by atoms with Gasteiger partial charge in [-0.15, -0.1) is 0 Å². The molecule has 2 rings (SSSR count). The minimum atomic E-state index is -0.942. The lowest BCUT2D eigenvalue weighted by Gasteiger charge is -2.10. The predicted octanol–water partition coefficient (Wildman–Crippen LogP) is 2.24. The summed E-state index contributed by atoms with van der Waals surface area (Å²) in [6.07, 6.45) is 0.627. The van der Waals surface area contributed by atoms with E-state index in [-0.39, 0.29) is 18.1 Å². The van der Waals surface area contributed by atoms with Gasteiger partial charge in [-0.1, -0.05) is 13.8 Å². The maximum atomic E-state index is 11.0. The molecule has 0 aliphatic heterocycles. The summed E-state index contributed by atoms with van der Waals surface area (Å²) in [5, 5.41) is 18.0. The second-order valence-corrected chi connectivity index (χ2v) is 4.86. The molecule has 0 aliphatic carbocycles. The molecule has 0 saturated carbocycles. The number of fused-ring (bicyclic) bond motifs is 1. The smallest absolute Gasteiger partial charge is 0.335 e. The van der Waals surface area contributed by atoms with Crippen molar-refractivity contribution < 1.29 is 15.0 Å². The molecule has 1 aromatic carbocycles. The van der Waals surface area contributed by atoms with Crippen LogP contribution in [0, 0.1) is 0 Å². The van der Waals surface area contributed by atoms with E-state index in [0.717, 1.165) is 16.9 Å². The van der Waals surface area contributed by atoms with Crippen molar-refractivity contribution in [3.05, 3.63) is 29.6 Å². The van der Waals surface area contributed by atoms with Crippen molar-refractivity contribution in [1.82, 2.24) is 9.55 Å².